The molecule has 0 aromatic carbocycles. The van der Waals surface area contributed by atoms with Crippen molar-refractivity contribution < 1.29 is 14.2 Å². The summed E-state index contributed by atoms with van der Waals surface area (Å²) in [6.07, 6.45) is 10.1. The Labute approximate surface area is 167 Å². The zero-order valence-corrected chi connectivity index (χ0v) is 16.9. The summed E-state index contributed by atoms with van der Waals surface area (Å²) >= 11 is 0. The first-order chi connectivity index (χ1) is 13.9. The largest absolute Gasteiger partial charge is 0.379 e. The number of nitrogens with zero attached hydrogens (tertiary/aromatic N) is 4. The van der Waals surface area contributed by atoms with Crippen molar-refractivity contribution >= 4 is 5.95 Å². The average Bonchev–Trinajstić information content (AvgIpc) is 3.28. The lowest BCUT2D eigenvalue weighted by Gasteiger charge is -2.35. The molecule has 7 heteroatoms. The summed E-state index contributed by atoms with van der Waals surface area (Å²) in [5.41, 5.74) is 0. The van der Waals surface area contributed by atoms with Crippen molar-refractivity contribution in [3.8, 4) is 0 Å². The van der Waals surface area contributed by atoms with Gasteiger partial charge in [-0.3, -0.25) is 4.57 Å². The fourth-order valence-corrected chi connectivity index (χ4v) is 5.10. The zero-order valence-electron chi connectivity index (χ0n) is 16.9. The molecule has 28 heavy (non-hydrogen) atoms. The van der Waals surface area contributed by atoms with Gasteiger partial charge in [0.25, 0.3) is 0 Å². The minimum absolute atomic E-state index is 0.0714. The molecule has 0 amide bonds. The lowest BCUT2D eigenvalue weighted by atomic mass is 9.76. The van der Waals surface area contributed by atoms with Gasteiger partial charge < -0.3 is 19.1 Å². The third kappa shape index (κ3) is 3.94. The van der Waals surface area contributed by atoms with Crippen molar-refractivity contribution in [3.05, 3.63) is 5.82 Å². The van der Waals surface area contributed by atoms with Gasteiger partial charge in [0.1, 0.15) is 6.10 Å². The maximum absolute atomic E-state index is 6.07. The molecule has 3 unspecified atom stereocenters. The van der Waals surface area contributed by atoms with Crippen molar-refractivity contribution in [2.75, 3.05) is 44.4 Å². The molecule has 0 spiro atoms. The topological polar surface area (TPSA) is 61.6 Å². The van der Waals surface area contributed by atoms with Gasteiger partial charge in [-0.25, -0.2) is 0 Å². The van der Waals surface area contributed by atoms with Gasteiger partial charge in [0.15, 0.2) is 5.82 Å². The standard InChI is InChI=1S/C21H34N4O3/c1-2-10-28-19(8-1)20-22-23-21(25(20)14-18-7-4-11-27-18)24-9-12-26-15-17(13-24)16-5-3-6-16/h16-19H,1-15H2. The van der Waals surface area contributed by atoms with Crippen LogP contribution in [0.15, 0.2) is 0 Å². The normalized spacial score (nSPS) is 32.3. The molecule has 0 radical (unpaired) electrons. The van der Waals surface area contributed by atoms with Crippen LogP contribution in [-0.2, 0) is 20.8 Å². The minimum Gasteiger partial charge on any atom is -0.379 e. The predicted molar refractivity (Wildman–Crippen MR) is 105 cm³/mol. The molecule has 156 valence electrons. The van der Waals surface area contributed by atoms with Crippen molar-refractivity contribution in [1.82, 2.24) is 14.8 Å². The number of rotatable bonds is 5. The van der Waals surface area contributed by atoms with Crippen LogP contribution in [0.1, 0.15) is 63.3 Å². The van der Waals surface area contributed by atoms with E-state index in [2.05, 4.69) is 19.7 Å². The maximum atomic E-state index is 6.07. The highest BCUT2D eigenvalue weighted by molar-refractivity contribution is 5.32. The van der Waals surface area contributed by atoms with Gasteiger partial charge in [0.05, 0.1) is 25.9 Å². The van der Waals surface area contributed by atoms with E-state index in [1.165, 1.54) is 25.7 Å². The quantitative estimate of drug-likeness (QED) is 0.770. The summed E-state index contributed by atoms with van der Waals surface area (Å²) in [5.74, 6) is 3.42. The van der Waals surface area contributed by atoms with E-state index in [1.54, 1.807) is 0 Å². The monoisotopic (exact) mass is 390 g/mol. The third-order valence-electron chi connectivity index (χ3n) is 7.03. The molecule has 1 aromatic rings. The molecular weight excluding hydrogens is 356 g/mol. The van der Waals surface area contributed by atoms with Crippen LogP contribution in [0.25, 0.3) is 0 Å². The third-order valence-corrected chi connectivity index (χ3v) is 7.03. The molecule has 0 N–H and O–H groups in total. The first-order valence-corrected chi connectivity index (χ1v) is 11.4. The summed E-state index contributed by atoms with van der Waals surface area (Å²) in [4.78, 5) is 2.42. The van der Waals surface area contributed by atoms with Crippen LogP contribution in [0.3, 0.4) is 0 Å². The van der Waals surface area contributed by atoms with E-state index >= 15 is 0 Å². The lowest BCUT2D eigenvalue weighted by molar-refractivity contribution is 0.00535. The van der Waals surface area contributed by atoms with E-state index in [1.807, 2.05) is 0 Å². The molecule has 1 saturated carbocycles. The van der Waals surface area contributed by atoms with Crippen LogP contribution in [0.5, 0.6) is 0 Å². The SMILES string of the molecule is C1CCC(c2nnc(N3CCOCC(C4CCC4)C3)n2CC2CCCO2)OC1. The van der Waals surface area contributed by atoms with E-state index < -0.39 is 0 Å². The zero-order chi connectivity index (χ0) is 18.8. The summed E-state index contributed by atoms with van der Waals surface area (Å²) in [6.45, 7) is 6.11. The molecular formula is C21H34N4O3. The Morgan fingerprint density at radius 3 is 2.54 bits per heavy atom. The summed E-state index contributed by atoms with van der Waals surface area (Å²) in [5, 5.41) is 9.33. The molecule has 3 aliphatic heterocycles. The first kappa shape index (κ1) is 18.8. The van der Waals surface area contributed by atoms with Crippen LogP contribution < -0.4 is 4.90 Å². The molecule has 7 nitrogen and oxygen atoms in total. The highest BCUT2D eigenvalue weighted by Crippen LogP contribution is 2.36. The molecule has 4 aliphatic rings. The Kier molecular flexibility index (Phi) is 5.83. The first-order valence-electron chi connectivity index (χ1n) is 11.4. The fourth-order valence-electron chi connectivity index (χ4n) is 5.10. The van der Waals surface area contributed by atoms with Gasteiger partial charge >= 0.3 is 0 Å². The van der Waals surface area contributed by atoms with E-state index in [4.69, 9.17) is 14.2 Å². The van der Waals surface area contributed by atoms with Crippen molar-refractivity contribution in [1.29, 1.82) is 0 Å². The van der Waals surface area contributed by atoms with Gasteiger partial charge in [-0.1, -0.05) is 19.3 Å². The van der Waals surface area contributed by atoms with Crippen LogP contribution in [0.2, 0.25) is 0 Å². The second-order valence-electron chi connectivity index (χ2n) is 8.93. The molecule has 4 fully saturated rings. The highest BCUT2D eigenvalue weighted by atomic mass is 16.5. The summed E-state index contributed by atoms with van der Waals surface area (Å²) in [6, 6.07) is 0. The van der Waals surface area contributed by atoms with Crippen LogP contribution in [0.4, 0.5) is 5.95 Å². The molecule has 0 bridgehead atoms. The number of hydrogen-bond acceptors (Lipinski definition) is 6. The van der Waals surface area contributed by atoms with Crippen molar-refractivity contribution in [2.45, 2.75) is 70.1 Å². The Morgan fingerprint density at radius 2 is 1.79 bits per heavy atom. The highest BCUT2D eigenvalue weighted by Gasteiger charge is 2.34. The van der Waals surface area contributed by atoms with Gasteiger partial charge in [-0.15, -0.1) is 10.2 Å². The number of aromatic nitrogens is 3. The van der Waals surface area contributed by atoms with Gasteiger partial charge in [-0.05, 0) is 38.0 Å². The molecule has 5 rings (SSSR count). The lowest BCUT2D eigenvalue weighted by Crippen LogP contribution is -2.37. The van der Waals surface area contributed by atoms with Gasteiger partial charge in [-0.2, -0.15) is 0 Å². The number of ether oxygens (including phenoxy) is 3. The van der Waals surface area contributed by atoms with E-state index in [-0.39, 0.29) is 12.2 Å². The Morgan fingerprint density at radius 1 is 0.857 bits per heavy atom. The molecule has 1 aromatic heterocycles. The summed E-state index contributed by atoms with van der Waals surface area (Å²) < 4.78 is 20.3. The van der Waals surface area contributed by atoms with E-state index in [0.29, 0.717) is 5.92 Å². The molecule has 3 atom stereocenters. The Bertz CT molecular complexity index is 636. The van der Waals surface area contributed by atoms with E-state index in [9.17, 15) is 0 Å². The Hall–Kier alpha value is -1.18. The van der Waals surface area contributed by atoms with E-state index in [0.717, 1.165) is 89.4 Å². The van der Waals surface area contributed by atoms with Gasteiger partial charge in [0.2, 0.25) is 5.95 Å². The smallest absolute Gasteiger partial charge is 0.227 e. The van der Waals surface area contributed by atoms with Crippen molar-refractivity contribution in [3.63, 3.8) is 0 Å². The summed E-state index contributed by atoms with van der Waals surface area (Å²) in [7, 11) is 0. The maximum Gasteiger partial charge on any atom is 0.227 e. The number of anilines is 1. The second-order valence-corrected chi connectivity index (χ2v) is 8.93. The molecule has 3 saturated heterocycles. The number of hydrogen-bond donors (Lipinski definition) is 0. The predicted octanol–water partition coefficient (Wildman–Crippen LogP) is 2.95. The van der Waals surface area contributed by atoms with Crippen LogP contribution in [-0.4, -0.2) is 60.4 Å². The minimum atomic E-state index is 0.0714. The van der Waals surface area contributed by atoms with Crippen molar-refractivity contribution in [2.24, 2.45) is 11.8 Å². The molecule has 1 aliphatic carbocycles. The fraction of sp³-hybridized carbons (Fsp3) is 0.905. The van der Waals surface area contributed by atoms with Gasteiger partial charge in [0, 0.05) is 32.2 Å². The Balaban J connectivity index is 1.40. The second kappa shape index (κ2) is 8.67. The molecule has 4 heterocycles. The average molecular weight is 391 g/mol. The van der Waals surface area contributed by atoms with Crippen LogP contribution >= 0.6 is 0 Å². The van der Waals surface area contributed by atoms with Crippen LogP contribution in [0, 0.1) is 11.8 Å².